The van der Waals surface area contributed by atoms with E-state index in [1.165, 1.54) is 0 Å². The molecule has 0 radical (unpaired) electrons. The molecule has 1 aliphatic heterocycles. The number of carboxylic acids is 1. The number of methoxy groups -OCH3 is 1. The molecule has 2 amide bonds. The van der Waals surface area contributed by atoms with Gasteiger partial charge in [-0.1, -0.05) is 12.1 Å². The molecule has 2 aromatic rings. The summed E-state index contributed by atoms with van der Waals surface area (Å²) in [4.78, 5) is 37.4. The van der Waals surface area contributed by atoms with Crippen LogP contribution in [0.4, 0.5) is 11.4 Å². The summed E-state index contributed by atoms with van der Waals surface area (Å²) >= 11 is 0. The molecule has 1 fully saturated rings. The van der Waals surface area contributed by atoms with E-state index < -0.39 is 18.5 Å². The van der Waals surface area contributed by atoms with E-state index in [9.17, 15) is 14.4 Å². The van der Waals surface area contributed by atoms with Gasteiger partial charge in [0.1, 0.15) is 11.5 Å². The highest BCUT2D eigenvalue weighted by molar-refractivity contribution is 6.04. The molecule has 1 unspecified atom stereocenters. The summed E-state index contributed by atoms with van der Waals surface area (Å²) < 4.78 is 10.5. The number of aliphatic carboxylic acids is 1. The van der Waals surface area contributed by atoms with E-state index in [1.54, 1.807) is 42.3 Å². The summed E-state index contributed by atoms with van der Waals surface area (Å²) in [5, 5.41) is 11.5. The average Bonchev–Trinajstić information content (AvgIpc) is 3.08. The molecule has 8 nitrogen and oxygen atoms in total. The highest BCUT2D eigenvalue weighted by Crippen LogP contribution is 2.34. The zero-order chi connectivity index (χ0) is 21.0. The van der Waals surface area contributed by atoms with E-state index >= 15 is 0 Å². The number of carboxylic acid groups (broad SMARTS) is 1. The van der Waals surface area contributed by atoms with Gasteiger partial charge in [0.2, 0.25) is 11.8 Å². The van der Waals surface area contributed by atoms with E-state index in [4.69, 9.17) is 14.6 Å². The molecule has 0 bridgehead atoms. The lowest BCUT2D eigenvalue weighted by Crippen LogP contribution is -2.28. The number of hydrogen-bond acceptors (Lipinski definition) is 5. The van der Waals surface area contributed by atoms with E-state index in [0.717, 1.165) is 5.56 Å². The predicted octanol–water partition coefficient (Wildman–Crippen LogP) is 2.46. The molecule has 29 heavy (non-hydrogen) atoms. The van der Waals surface area contributed by atoms with Crippen LogP contribution in [0.5, 0.6) is 11.5 Å². The Hall–Kier alpha value is -3.55. The Morgan fingerprint density at radius 3 is 2.76 bits per heavy atom. The van der Waals surface area contributed by atoms with Crippen LogP contribution in [0.2, 0.25) is 0 Å². The second-order valence-electron chi connectivity index (χ2n) is 6.78. The number of benzene rings is 2. The monoisotopic (exact) mass is 398 g/mol. The molecule has 0 saturated carbocycles. The lowest BCUT2D eigenvalue weighted by atomic mass is 10.1. The third-order valence-electron chi connectivity index (χ3n) is 4.58. The van der Waals surface area contributed by atoms with Crippen molar-refractivity contribution in [3.05, 3.63) is 48.0 Å². The van der Waals surface area contributed by atoms with Gasteiger partial charge in [-0.2, -0.15) is 0 Å². The zero-order valence-corrected chi connectivity index (χ0v) is 16.2. The normalized spacial score (nSPS) is 15.9. The molecule has 2 N–H and O–H groups in total. The van der Waals surface area contributed by atoms with Gasteiger partial charge >= 0.3 is 5.97 Å². The third kappa shape index (κ3) is 4.84. The number of aryl methyl sites for hydroxylation is 1. The summed E-state index contributed by atoms with van der Waals surface area (Å²) in [5.74, 6) is -1.13. The summed E-state index contributed by atoms with van der Waals surface area (Å²) in [6, 6.07) is 12.0. The first-order valence-corrected chi connectivity index (χ1v) is 9.08. The first-order chi connectivity index (χ1) is 13.9. The zero-order valence-electron chi connectivity index (χ0n) is 16.2. The standard InChI is InChI=1S/C21H22N2O6/c1-13-6-7-18(28-2)17(8-13)23-11-14(9-19(23)24)21(27)22-15-4-3-5-16(10-15)29-12-20(25)26/h3-8,10,14H,9,11-12H2,1-2H3,(H,22,27)(H,25,26). The second kappa shape index (κ2) is 8.64. The molecule has 1 atom stereocenters. The van der Waals surface area contributed by atoms with Crippen molar-refractivity contribution in [1.29, 1.82) is 0 Å². The van der Waals surface area contributed by atoms with Crippen LogP contribution in [0.1, 0.15) is 12.0 Å². The molecule has 152 valence electrons. The molecular formula is C21H22N2O6. The van der Waals surface area contributed by atoms with E-state index in [-0.39, 0.29) is 24.8 Å². The van der Waals surface area contributed by atoms with Crippen LogP contribution in [0, 0.1) is 12.8 Å². The Morgan fingerprint density at radius 2 is 2.03 bits per heavy atom. The lowest BCUT2D eigenvalue weighted by Gasteiger charge is -2.20. The SMILES string of the molecule is COc1ccc(C)cc1N1CC(C(=O)Nc2cccc(OCC(=O)O)c2)CC1=O. The largest absolute Gasteiger partial charge is 0.495 e. The Morgan fingerprint density at radius 1 is 1.24 bits per heavy atom. The number of nitrogens with one attached hydrogen (secondary N) is 1. The number of ether oxygens (including phenoxy) is 2. The number of carbonyl (C=O) groups excluding carboxylic acids is 2. The molecule has 1 saturated heterocycles. The van der Waals surface area contributed by atoms with Crippen LogP contribution in [0.25, 0.3) is 0 Å². The van der Waals surface area contributed by atoms with Gasteiger partial charge in [-0.25, -0.2) is 4.79 Å². The van der Waals surface area contributed by atoms with Gasteiger partial charge < -0.3 is 24.8 Å². The van der Waals surface area contributed by atoms with Crippen LogP contribution in [0.3, 0.4) is 0 Å². The first kappa shape index (κ1) is 20.2. The Balaban J connectivity index is 1.69. The fraction of sp³-hybridized carbons (Fsp3) is 0.286. The fourth-order valence-corrected chi connectivity index (χ4v) is 3.18. The minimum Gasteiger partial charge on any atom is -0.495 e. The van der Waals surface area contributed by atoms with Crippen molar-refractivity contribution in [3.8, 4) is 11.5 Å². The molecule has 1 heterocycles. The van der Waals surface area contributed by atoms with Crippen LogP contribution >= 0.6 is 0 Å². The highest BCUT2D eigenvalue weighted by Gasteiger charge is 2.36. The summed E-state index contributed by atoms with van der Waals surface area (Å²) in [7, 11) is 1.54. The van der Waals surface area contributed by atoms with Crippen molar-refractivity contribution < 1.29 is 29.0 Å². The summed E-state index contributed by atoms with van der Waals surface area (Å²) in [5.41, 5.74) is 2.11. The molecular weight excluding hydrogens is 376 g/mol. The van der Waals surface area contributed by atoms with Gasteiger partial charge in [0.15, 0.2) is 6.61 Å². The Bertz CT molecular complexity index is 943. The number of amides is 2. The molecule has 2 aromatic carbocycles. The van der Waals surface area contributed by atoms with Gasteiger partial charge in [0.25, 0.3) is 0 Å². The maximum Gasteiger partial charge on any atom is 0.341 e. The second-order valence-corrected chi connectivity index (χ2v) is 6.78. The van der Waals surface area contributed by atoms with Gasteiger partial charge in [-0.05, 0) is 36.8 Å². The topological polar surface area (TPSA) is 105 Å². The van der Waals surface area contributed by atoms with E-state index in [1.807, 2.05) is 19.1 Å². The maximum absolute atomic E-state index is 12.7. The number of anilines is 2. The van der Waals surface area contributed by atoms with Crippen LogP contribution in [-0.4, -0.2) is 43.2 Å². The first-order valence-electron chi connectivity index (χ1n) is 9.08. The van der Waals surface area contributed by atoms with Crippen molar-refractivity contribution in [2.24, 2.45) is 5.92 Å². The molecule has 0 spiro atoms. The Labute approximate surface area is 168 Å². The molecule has 0 aromatic heterocycles. The van der Waals surface area contributed by atoms with Crippen LogP contribution in [0.15, 0.2) is 42.5 Å². The summed E-state index contributed by atoms with van der Waals surface area (Å²) in [6.07, 6.45) is 0.0954. The summed E-state index contributed by atoms with van der Waals surface area (Å²) in [6.45, 7) is 1.70. The Kier molecular flexibility index (Phi) is 6.01. The number of rotatable bonds is 7. The van der Waals surface area contributed by atoms with Crippen LogP contribution in [-0.2, 0) is 14.4 Å². The smallest absolute Gasteiger partial charge is 0.341 e. The number of hydrogen-bond donors (Lipinski definition) is 2. The van der Waals surface area contributed by atoms with Gasteiger partial charge in [-0.3, -0.25) is 9.59 Å². The average molecular weight is 398 g/mol. The molecule has 8 heteroatoms. The minimum atomic E-state index is -1.09. The lowest BCUT2D eigenvalue weighted by molar-refractivity contribution is -0.139. The van der Waals surface area contributed by atoms with Crippen LogP contribution < -0.4 is 19.7 Å². The van der Waals surface area contributed by atoms with Crippen molar-refractivity contribution in [2.45, 2.75) is 13.3 Å². The fourth-order valence-electron chi connectivity index (χ4n) is 3.18. The van der Waals surface area contributed by atoms with Crippen molar-refractivity contribution in [3.63, 3.8) is 0 Å². The van der Waals surface area contributed by atoms with Crippen molar-refractivity contribution in [1.82, 2.24) is 0 Å². The van der Waals surface area contributed by atoms with Gasteiger partial charge in [0.05, 0.1) is 18.7 Å². The van der Waals surface area contributed by atoms with Gasteiger partial charge in [0, 0.05) is 24.7 Å². The van der Waals surface area contributed by atoms with Crippen molar-refractivity contribution in [2.75, 3.05) is 30.5 Å². The molecule has 3 rings (SSSR count). The minimum absolute atomic E-state index is 0.0954. The van der Waals surface area contributed by atoms with E-state index in [0.29, 0.717) is 22.9 Å². The quantitative estimate of drug-likeness (QED) is 0.742. The predicted molar refractivity (Wildman–Crippen MR) is 106 cm³/mol. The number of carbonyl (C=O) groups is 3. The van der Waals surface area contributed by atoms with Gasteiger partial charge in [-0.15, -0.1) is 0 Å². The maximum atomic E-state index is 12.7. The number of nitrogens with zero attached hydrogens (tertiary/aromatic N) is 1. The molecule has 0 aliphatic carbocycles. The van der Waals surface area contributed by atoms with E-state index in [2.05, 4.69) is 5.32 Å². The van der Waals surface area contributed by atoms with Crippen molar-refractivity contribution >= 4 is 29.2 Å². The molecule has 1 aliphatic rings. The highest BCUT2D eigenvalue weighted by atomic mass is 16.5. The third-order valence-corrected chi connectivity index (χ3v) is 4.58.